The molecule has 1 N–H and O–H groups in total. The monoisotopic (exact) mass is 245 g/mol. The number of aryl methyl sites for hydroxylation is 1. The molecule has 2 aromatic rings. The third-order valence-corrected chi connectivity index (χ3v) is 2.60. The lowest BCUT2D eigenvalue weighted by molar-refractivity contribution is -0.115. The van der Waals surface area contributed by atoms with Crippen molar-refractivity contribution in [3.63, 3.8) is 0 Å². The van der Waals surface area contributed by atoms with Crippen LogP contribution in [-0.2, 0) is 18.3 Å². The summed E-state index contributed by atoms with van der Waals surface area (Å²) >= 11 is 0. The molecule has 2 rings (SSSR count). The molecule has 94 valence electrons. The fourth-order valence-corrected chi connectivity index (χ4v) is 1.58. The topological polar surface area (TPSA) is 56.1 Å². The number of hydrogen-bond donors (Lipinski definition) is 1. The summed E-state index contributed by atoms with van der Waals surface area (Å²) in [5.74, 6) is 1.24. The van der Waals surface area contributed by atoms with Crippen LogP contribution < -0.4 is 10.1 Å². The average molecular weight is 245 g/mol. The molecule has 1 aromatic heterocycles. The first-order chi connectivity index (χ1) is 8.69. The van der Waals surface area contributed by atoms with Gasteiger partial charge in [0.2, 0.25) is 11.9 Å². The van der Waals surface area contributed by atoms with Gasteiger partial charge in [0.1, 0.15) is 5.75 Å². The second-order valence-corrected chi connectivity index (χ2v) is 3.93. The second-order valence-electron chi connectivity index (χ2n) is 3.93. The summed E-state index contributed by atoms with van der Waals surface area (Å²) in [5, 5.41) is 2.75. The average Bonchev–Trinajstić information content (AvgIpc) is 2.76. The zero-order valence-corrected chi connectivity index (χ0v) is 10.4. The standard InChI is InChI=1S/C13H15N3O2/c1-16-8-7-14-13(16)15-12(17)9-10-3-5-11(18-2)6-4-10/h3-8H,9H2,1-2H3,(H,14,15,17). The minimum Gasteiger partial charge on any atom is -0.497 e. The first-order valence-corrected chi connectivity index (χ1v) is 5.59. The smallest absolute Gasteiger partial charge is 0.231 e. The zero-order valence-electron chi connectivity index (χ0n) is 10.4. The predicted octanol–water partition coefficient (Wildman–Crippen LogP) is 1.61. The fourth-order valence-electron chi connectivity index (χ4n) is 1.58. The van der Waals surface area contributed by atoms with Crippen LogP contribution in [0.25, 0.3) is 0 Å². The lowest BCUT2D eigenvalue weighted by Gasteiger charge is -2.05. The molecule has 0 atom stereocenters. The second kappa shape index (κ2) is 5.35. The van der Waals surface area contributed by atoms with Gasteiger partial charge in [-0.1, -0.05) is 12.1 Å². The van der Waals surface area contributed by atoms with E-state index in [4.69, 9.17) is 4.74 Å². The van der Waals surface area contributed by atoms with Gasteiger partial charge in [-0.15, -0.1) is 0 Å². The van der Waals surface area contributed by atoms with E-state index in [0.29, 0.717) is 12.4 Å². The van der Waals surface area contributed by atoms with Gasteiger partial charge in [0.05, 0.1) is 13.5 Å². The molecule has 0 aliphatic rings. The number of ether oxygens (including phenoxy) is 1. The summed E-state index contributed by atoms with van der Waals surface area (Å²) in [6, 6.07) is 7.42. The Morgan fingerprint density at radius 1 is 1.39 bits per heavy atom. The van der Waals surface area contributed by atoms with Crippen molar-refractivity contribution >= 4 is 11.9 Å². The summed E-state index contributed by atoms with van der Waals surface area (Å²) in [6.45, 7) is 0. The molecule has 5 heteroatoms. The Labute approximate surface area is 105 Å². The van der Waals surface area contributed by atoms with Crippen LogP contribution in [0.5, 0.6) is 5.75 Å². The Kier molecular flexibility index (Phi) is 3.62. The lowest BCUT2D eigenvalue weighted by Crippen LogP contribution is -2.16. The number of hydrogen-bond acceptors (Lipinski definition) is 3. The Morgan fingerprint density at radius 2 is 2.11 bits per heavy atom. The van der Waals surface area contributed by atoms with Gasteiger partial charge in [0.25, 0.3) is 0 Å². The van der Waals surface area contributed by atoms with Gasteiger partial charge in [0, 0.05) is 19.4 Å². The number of imidazole rings is 1. The van der Waals surface area contributed by atoms with E-state index in [2.05, 4.69) is 10.3 Å². The van der Waals surface area contributed by atoms with E-state index < -0.39 is 0 Å². The molecular formula is C13H15N3O2. The van der Waals surface area contributed by atoms with Crippen LogP contribution in [0, 0.1) is 0 Å². The molecule has 0 fully saturated rings. The van der Waals surface area contributed by atoms with Crippen LogP contribution in [0.3, 0.4) is 0 Å². The van der Waals surface area contributed by atoms with E-state index in [1.54, 1.807) is 24.1 Å². The quantitative estimate of drug-likeness (QED) is 0.890. The summed E-state index contributed by atoms with van der Waals surface area (Å²) in [6.07, 6.45) is 3.74. The molecule has 5 nitrogen and oxygen atoms in total. The van der Waals surface area contributed by atoms with Crippen molar-refractivity contribution < 1.29 is 9.53 Å². The Balaban J connectivity index is 1.96. The molecule has 0 aliphatic carbocycles. The minimum absolute atomic E-state index is 0.0885. The highest BCUT2D eigenvalue weighted by Crippen LogP contribution is 2.12. The zero-order chi connectivity index (χ0) is 13.0. The van der Waals surface area contributed by atoms with Crippen molar-refractivity contribution in [2.75, 3.05) is 12.4 Å². The third-order valence-electron chi connectivity index (χ3n) is 2.60. The van der Waals surface area contributed by atoms with Crippen LogP contribution in [0.4, 0.5) is 5.95 Å². The largest absolute Gasteiger partial charge is 0.497 e. The predicted molar refractivity (Wildman–Crippen MR) is 68.5 cm³/mol. The number of benzene rings is 1. The highest BCUT2D eigenvalue weighted by atomic mass is 16.5. The van der Waals surface area contributed by atoms with Crippen molar-refractivity contribution in [1.82, 2.24) is 9.55 Å². The van der Waals surface area contributed by atoms with Gasteiger partial charge in [0.15, 0.2) is 0 Å². The SMILES string of the molecule is COc1ccc(CC(=O)Nc2nccn2C)cc1. The van der Waals surface area contributed by atoms with Gasteiger partial charge in [-0.3, -0.25) is 10.1 Å². The minimum atomic E-state index is -0.0885. The maximum absolute atomic E-state index is 11.8. The van der Waals surface area contributed by atoms with Crippen LogP contribution in [0.2, 0.25) is 0 Å². The van der Waals surface area contributed by atoms with Gasteiger partial charge in [-0.25, -0.2) is 4.98 Å². The van der Waals surface area contributed by atoms with Gasteiger partial charge in [-0.2, -0.15) is 0 Å². The summed E-state index contributed by atoms with van der Waals surface area (Å²) < 4.78 is 6.82. The number of carbonyl (C=O) groups is 1. The van der Waals surface area contributed by atoms with Crippen LogP contribution in [0.1, 0.15) is 5.56 Å². The summed E-state index contributed by atoms with van der Waals surface area (Å²) in [4.78, 5) is 15.8. The highest BCUT2D eigenvalue weighted by molar-refractivity contribution is 5.90. The number of aromatic nitrogens is 2. The van der Waals surface area contributed by atoms with E-state index in [9.17, 15) is 4.79 Å². The molecule has 0 saturated heterocycles. The molecule has 0 bridgehead atoms. The van der Waals surface area contributed by atoms with Crippen LogP contribution >= 0.6 is 0 Å². The maximum atomic E-state index is 11.8. The molecule has 0 saturated carbocycles. The first kappa shape index (κ1) is 12.2. The van der Waals surface area contributed by atoms with E-state index in [0.717, 1.165) is 11.3 Å². The number of methoxy groups -OCH3 is 1. The molecular weight excluding hydrogens is 230 g/mol. The molecule has 0 radical (unpaired) electrons. The number of rotatable bonds is 4. The first-order valence-electron chi connectivity index (χ1n) is 5.59. The number of anilines is 1. The van der Waals surface area contributed by atoms with E-state index in [-0.39, 0.29) is 5.91 Å². The lowest BCUT2D eigenvalue weighted by atomic mass is 10.1. The molecule has 0 unspecified atom stereocenters. The number of nitrogens with zero attached hydrogens (tertiary/aromatic N) is 2. The van der Waals surface area contributed by atoms with Crippen molar-refractivity contribution in [2.24, 2.45) is 7.05 Å². The molecule has 18 heavy (non-hydrogen) atoms. The Morgan fingerprint density at radius 3 is 2.67 bits per heavy atom. The third kappa shape index (κ3) is 2.88. The maximum Gasteiger partial charge on any atom is 0.231 e. The molecule has 1 amide bonds. The van der Waals surface area contributed by atoms with E-state index in [1.807, 2.05) is 31.3 Å². The highest BCUT2D eigenvalue weighted by Gasteiger charge is 2.06. The molecule has 1 heterocycles. The van der Waals surface area contributed by atoms with Crippen molar-refractivity contribution in [2.45, 2.75) is 6.42 Å². The molecule has 0 spiro atoms. The van der Waals surface area contributed by atoms with Crippen molar-refractivity contribution in [3.05, 3.63) is 42.2 Å². The van der Waals surface area contributed by atoms with E-state index in [1.165, 1.54) is 0 Å². The number of nitrogens with one attached hydrogen (secondary N) is 1. The number of carbonyl (C=O) groups excluding carboxylic acids is 1. The van der Waals surface area contributed by atoms with Gasteiger partial charge >= 0.3 is 0 Å². The molecule has 1 aromatic carbocycles. The number of amides is 1. The summed E-state index contributed by atoms with van der Waals surface area (Å²) in [5.41, 5.74) is 0.933. The van der Waals surface area contributed by atoms with Gasteiger partial charge < -0.3 is 9.30 Å². The van der Waals surface area contributed by atoms with Crippen molar-refractivity contribution in [1.29, 1.82) is 0 Å². The Bertz CT molecular complexity index is 531. The van der Waals surface area contributed by atoms with Crippen molar-refractivity contribution in [3.8, 4) is 5.75 Å². The van der Waals surface area contributed by atoms with Crippen LogP contribution in [-0.4, -0.2) is 22.6 Å². The van der Waals surface area contributed by atoms with E-state index >= 15 is 0 Å². The van der Waals surface area contributed by atoms with Gasteiger partial charge in [-0.05, 0) is 17.7 Å². The molecule has 0 aliphatic heterocycles. The van der Waals surface area contributed by atoms with Crippen LogP contribution in [0.15, 0.2) is 36.7 Å². The summed E-state index contributed by atoms with van der Waals surface area (Å²) in [7, 11) is 3.44. The normalized spacial score (nSPS) is 10.1. The fraction of sp³-hybridized carbons (Fsp3) is 0.231. The Hall–Kier alpha value is -2.30.